The molecule has 1 rings (SSSR count). The van der Waals surface area contributed by atoms with Crippen molar-refractivity contribution in [3.8, 4) is 0 Å². The van der Waals surface area contributed by atoms with Gasteiger partial charge in [-0.05, 0) is 27.2 Å². The van der Waals surface area contributed by atoms with Gasteiger partial charge in [-0.25, -0.2) is 13.1 Å². The summed E-state index contributed by atoms with van der Waals surface area (Å²) < 4.78 is 26.4. The third kappa shape index (κ3) is 3.29. The minimum absolute atomic E-state index is 0.0388. The monoisotopic (exact) mass is 246 g/mol. The molecule has 0 aliphatic carbocycles. The molecule has 7 heteroatoms. The molecular formula is C9H18N4O2S. The standard InChI is InChI=1S/C9H18N4O2S/c1-6(10)4-7(2)13-16(14,15)9-5-11-12-8(9)3/h5-7,13H,4,10H2,1-3H3,(H,11,12). The van der Waals surface area contributed by atoms with Crippen molar-refractivity contribution in [3.63, 3.8) is 0 Å². The molecule has 0 spiro atoms. The van der Waals surface area contributed by atoms with Crippen LogP contribution in [-0.2, 0) is 10.0 Å². The molecule has 0 aliphatic rings. The van der Waals surface area contributed by atoms with Gasteiger partial charge in [-0.2, -0.15) is 5.10 Å². The highest BCUT2D eigenvalue weighted by Gasteiger charge is 2.21. The van der Waals surface area contributed by atoms with Crippen molar-refractivity contribution in [2.75, 3.05) is 0 Å². The first kappa shape index (κ1) is 13.1. The Morgan fingerprint density at radius 1 is 1.56 bits per heavy atom. The van der Waals surface area contributed by atoms with Crippen LogP contribution in [0.3, 0.4) is 0 Å². The van der Waals surface area contributed by atoms with Crippen LogP contribution in [0.25, 0.3) is 0 Å². The predicted octanol–water partition coefficient (Wildman–Crippen LogP) is 0.122. The number of nitrogens with two attached hydrogens (primary N) is 1. The molecule has 0 aliphatic heterocycles. The van der Waals surface area contributed by atoms with Crippen LogP contribution in [-0.4, -0.2) is 30.7 Å². The van der Waals surface area contributed by atoms with E-state index in [0.29, 0.717) is 12.1 Å². The minimum atomic E-state index is -3.49. The molecule has 0 radical (unpaired) electrons. The molecule has 0 saturated carbocycles. The van der Waals surface area contributed by atoms with Gasteiger partial charge in [0.05, 0.1) is 11.9 Å². The maximum atomic E-state index is 11.9. The molecule has 4 N–H and O–H groups in total. The summed E-state index contributed by atoms with van der Waals surface area (Å²) in [6, 6.07) is -0.234. The van der Waals surface area contributed by atoms with E-state index in [9.17, 15) is 8.42 Å². The number of rotatable bonds is 5. The number of aromatic nitrogens is 2. The Morgan fingerprint density at radius 2 is 2.19 bits per heavy atom. The number of nitrogens with one attached hydrogen (secondary N) is 2. The van der Waals surface area contributed by atoms with E-state index in [1.165, 1.54) is 6.20 Å². The Morgan fingerprint density at radius 3 is 2.62 bits per heavy atom. The summed E-state index contributed by atoms with van der Waals surface area (Å²) >= 11 is 0. The molecule has 6 nitrogen and oxygen atoms in total. The number of aromatic amines is 1. The Labute approximate surface area is 95.7 Å². The van der Waals surface area contributed by atoms with Gasteiger partial charge in [-0.3, -0.25) is 5.10 Å². The lowest BCUT2D eigenvalue weighted by Crippen LogP contribution is -2.36. The fourth-order valence-corrected chi connectivity index (χ4v) is 2.94. The molecule has 92 valence electrons. The van der Waals surface area contributed by atoms with E-state index in [1.807, 2.05) is 6.92 Å². The number of hydrogen-bond acceptors (Lipinski definition) is 4. The van der Waals surface area contributed by atoms with Crippen LogP contribution in [0, 0.1) is 6.92 Å². The van der Waals surface area contributed by atoms with Crippen LogP contribution in [0.2, 0.25) is 0 Å². The topological polar surface area (TPSA) is 101 Å². The van der Waals surface area contributed by atoms with Gasteiger partial charge in [-0.1, -0.05) is 0 Å². The summed E-state index contributed by atoms with van der Waals surface area (Å²) in [6.07, 6.45) is 1.90. The first-order chi connectivity index (χ1) is 7.33. The number of aryl methyl sites for hydroxylation is 1. The second-order valence-electron chi connectivity index (χ2n) is 4.09. The second-order valence-corrected chi connectivity index (χ2v) is 5.78. The van der Waals surface area contributed by atoms with Crippen molar-refractivity contribution in [1.29, 1.82) is 0 Å². The minimum Gasteiger partial charge on any atom is -0.328 e. The number of hydrogen-bond donors (Lipinski definition) is 3. The van der Waals surface area contributed by atoms with Crippen LogP contribution < -0.4 is 10.5 Å². The van der Waals surface area contributed by atoms with Gasteiger partial charge < -0.3 is 5.73 Å². The van der Waals surface area contributed by atoms with Crippen molar-refractivity contribution in [2.45, 2.75) is 44.2 Å². The Hall–Kier alpha value is -0.920. The van der Waals surface area contributed by atoms with Crippen LogP contribution in [0.15, 0.2) is 11.1 Å². The number of H-pyrrole nitrogens is 1. The van der Waals surface area contributed by atoms with E-state index in [-0.39, 0.29) is 17.0 Å². The normalized spacial score (nSPS) is 16.0. The van der Waals surface area contributed by atoms with Crippen LogP contribution in [0.1, 0.15) is 26.0 Å². The average molecular weight is 246 g/mol. The molecule has 2 atom stereocenters. The van der Waals surface area contributed by atoms with Crippen LogP contribution in [0.5, 0.6) is 0 Å². The number of sulfonamides is 1. The van der Waals surface area contributed by atoms with Gasteiger partial charge in [0, 0.05) is 12.1 Å². The van der Waals surface area contributed by atoms with Crippen molar-refractivity contribution in [1.82, 2.24) is 14.9 Å². The second kappa shape index (κ2) is 4.94. The fraction of sp³-hybridized carbons (Fsp3) is 0.667. The summed E-state index contributed by atoms with van der Waals surface area (Å²) in [5.74, 6) is 0. The van der Waals surface area contributed by atoms with E-state index < -0.39 is 10.0 Å². The quantitative estimate of drug-likeness (QED) is 0.687. The average Bonchev–Trinajstić information content (AvgIpc) is 2.48. The van der Waals surface area contributed by atoms with Gasteiger partial charge in [0.15, 0.2) is 0 Å². The molecule has 1 aromatic heterocycles. The molecule has 0 bridgehead atoms. The van der Waals surface area contributed by atoms with Crippen molar-refractivity contribution >= 4 is 10.0 Å². The van der Waals surface area contributed by atoms with E-state index >= 15 is 0 Å². The molecule has 0 saturated heterocycles. The van der Waals surface area contributed by atoms with Crippen LogP contribution >= 0.6 is 0 Å². The Kier molecular flexibility index (Phi) is 4.06. The largest absolute Gasteiger partial charge is 0.328 e. The smallest absolute Gasteiger partial charge is 0.244 e. The molecule has 0 fully saturated rings. The zero-order chi connectivity index (χ0) is 12.3. The predicted molar refractivity (Wildman–Crippen MR) is 61.4 cm³/mol. The maximum absolute atomic E-state index is 11.9. The molecule has 0 amide bonds. The SMILES string of the molecule is Cc1[nH]ncc1S(=O)(=O)NC(C)CC(C)N. The highest BCUT2D eigenvalue weighted by atomic mass is 32.2. The summed E-state index contributed by atoms with van der Waals surface area (Å²) in [5.41, 5.74) is 6.14. The maximum Gasteiger partial charge on any atom is 0.244 e. The Balaban J connectivity index is 2.77. The third-order valence-electron chi connectivity index (χ3n) is 2.15. The van der Waals surface area contributed by atoms with Crippen molar-refractivity contribution < 1.29 is 8.42 Å². The van der Waals surface area contributed by atoms with Crippen molar-refractivity contribution in [2.24, 2.45) is 5.73 Å². The summed E-state index contributed by atoms with van der Waals surface area (Å²) in [4.78, 5) is 0.184. The highest BCUT2D eigenvalue weighted by molar-refractivity contribution is 7.89. The van der Waals surface area contributed by atoms with Gasteiger partial charge in [0.1, 0.15) is 4.90 Å². The van der Waals surface area contributed by atoms with Crippen molar-refractivity contribution in [3.05, 3.63) is 11.9 Å². The lowest BCUT2D eigenvalue weighted by Gasteiger charge is -2.15. The zero-order valence-electron chi connectivity index (χ0n) is 9.69. The fourth-order valence-electron chi connectivity index (χ4n) is 1.54. The van der Waals surface area contributed by atoms with Gasteiger partial charge in [0.25, 0.3) is 0 Å². The van der Waals surface area contributed by atoms with E-state index in [1.54, 1.807) is 13.8 Å². The highest BCUT2D eigenvalue weighted by Crippen LogP contribution is 2.12. The molecule has 1 aromatic rings. The summed E-state index contributed by atoms with van der Waals surface area (Å²) in [7, 11) is -3.49. The lowest BCUT2D eigenvalue weighted by atomic mass is 10.1. The van der Waals surface area contributed by atoms with E-state index in [4.69, 9.17) is 5.73 Å². The summed E-state index contributed by atoms with van der Waals surface area (Å²) in [6.45, 7) is 5.29. The molecular weight excluding hydrogens is 228 g/mol. The Bertz CT molecular complexity index is 438. The van der Waals surface area contributed by atoms with Gasteiger partial charge in [-0.15, -0.1) is 0 Å². The summed E-state index contributed by atoms with van der Waals surface area (Å²) in [5, 5.41) is 6.28. The van der Waals surface area contributed by atoms with Crippen LogP contribution in [0.4, 0.5) is 0 Å². The van der Waals surface area contributed by atoms with E-state index in [2.05, 4.69) is 14.9 Å². The molecule has 2 unspecified atom stereocenters. The van der Waals surface area contributed by atoms with Gasteiger partial charge in [0.2, 0.25) is 10.0 Å². The third-order valence-corrected chi connectivity index (χ3v) is 3.86. The first-order valence-corrected chi connectivity index (χ1v) is 6.59. The molecule has 0 aromatic carbocycles. The zero-order valence-corrected chi connectivity index (χ0v) is 10.5. The first-order valence-electron chi connectivity index (χ1n) is 5.11. The van der Waals surface area contributed by atoms with E-state index in [0.717, 1.165) is 0 Å². The molecule has 16 heavy (non-hydrogen) atoms. The van der Waals surface area contributed by atoms with Gasteiger partial charge >= 0.3 is 0 Å². The number of nitrogens with zero attached hydrogens (tertiary/aromatic N) is 1. The lowest BCUT2D eigenvalue weighted by molar-refractivity contribution is 0.519. The molecule has 1 heterocycles.